The molecule has 8 heteroatoms. The predicted octanol–water partition coefficient (Wildman–Crippen LogP) is 3.76. The molecule has 0 unspecified atom stereocenters. The van der Waals surface area contributed by atoms with Crippen molar-refractivity contribution in [1.29, 1.82) is 0 Å². The van der Waals surface area contributed by atoms with Crippen molar-refractivity contribution in [3.05, 3.63) is 30.2 Å². The zero-order valence-corrected chi connectivity index (χ0v) is 16.9. The Bertz CT molecular complexity index is 827. The molecule has 1 aromatic carbocycles. The number of benzene rings is 1. The number of fused-ring (bicyclic) bond motifs is 1. The van der Waals surface area contributed by atoms with E-state index in [9.17, 15) is 4.79 Å². The van der Waals surface area contributed by atoms with E-state index in [0.717, 1.165) is 6.42 Å². The van der Waals surface area contributed by atoms with Crippen molar-refractivity contribution in [3.8, 4) is 11.5 Å². The first-order valence-electron chi connectivity index (χ1n) is 9.79. The van der Waals surface area contributed by atoms with Crippen LogP contribution in [0.3, 0.4) is 0 Å². The van der Waals surface area contributed by atoms with Crippen molar-refractivity contribution >= 4 is 17.7 Å². The fraction of sp³-hybridized carbons (Fsp3) is 0.550. The SMILES string of the molecule is C[C@H](Sc1nnc([C@@H]2COc3ccccc3O2)o1)C(=O)N[C@H]1CCCC[C@H]1C. The Hall–Kier alpha value is -2.22. The van der Waals surface area contributed by atoms with Gasteiger partial charge >= 0.3 is 0 Å². The number of rotatable bonds is 5. The molecule has 1 aliphatic carbocycles. The van der Waals surface area contributed by atoms with Crippen LogP contribution in [0.15, 0.2) is 33.9 Å². The fourth-order valence-electron chi connectivity index (χ4n) is 3.57. The van der Waals surface area contributed by atoms with Gasteiger partial charge in [-0.05, 0) is 37.8 Å². The van der Waals surface area contributed by atoms with Gasteiger partial charge in [-0.25, -0.2) is 0 Å². The van der Waals surface area contributed by atoms with Gasteiger partial charge in [-0.15, -0.1) is 10.2 Å². The van der Waals surface area contributed by atoms with Gasteiger partial charge in [0.25, 0.3) is 11.1 Å². The third-order valence-corrected chi connectivity index (χ3v) is 6.23. The van der Waals surface area contributed by atoms with Gasteiger partial charge < -0.3 is 19.2 Å². The zero-order valence-electron chi connectivity index (χ0n) is 16.1. The first-order chi connectivity index (χ1) is 13.6. The van der Waals surface area contributed by atoms with Crippen LogP contribution in [0.5, 0.6) is 11.5 Å². The molecule has 1 amide bonds. The molecular weight excluding hydrogens is 378 g/mol. The number of ether oxygens (including phenoxy) is 2. The molecule has 2 aliphatic rings. The first-order valence-corrected chi connectivity index (χ1v) is 10.7. The first kappa shape index (κ1) is 19.1. The minimum absolute atomic E-state index is 0.00896. The molecule has 4 atom stereocenters. The molecular formula is C20H25N3O4S. The molecule has 2 aromatic rings. The number of nitrogens with zero attached hydrogens (tertiary/aromatic N) is 2. The maximum Gasteiger partial charge on any atom is 0.277 e. The Morgan fingerprint density at radius 2 is 2.00 bits per heavy atom. The Kier molecular flexibility index (Phi) is 5.75. The van der Waals surface area contributed by atoms with Crippen molar-refractivity contribution < 1.29 is 18.7 Å². The van der Waals surface area contributed by atoms with E-state index in [-0.39, 0.29) is 17.2 Å². The summed E-state index contributed by atoms with van der Waals surface area (Å²) in [4.78, 5) is 12.5. The van der Waals surface area contributed by atoms with Gasteiger partial charge in [-0.3, -0.25) is 4.79 Å². The highest BCUT2D eigenvalue weighted by Crippen LogP contribution is 2.36. The normalized spacial score (nSPS) is 25.1. The lowest BCUT2D eigenvalue weighted by atomic mass is 9.86. The highest BCUT2D eigenvalue weighted by Gasteiger charge is 2.29. The number of aromatic nitrogens is 2. The second-order valence-electron chi connectivity index (χ2n) is 7.41. The number of hydrogen-bond acceptors (Lipinski definition) is 7. The standard InChI is InChI=1S/C20H25N3O4S/c1-12-7-3-4-8-14(12)21-18(24)13(2)28-20-23-22-19(27-20)17-11-25-15-9-5-6-10-16(15)26-17/h5-6,9-10,12-14,17H,3-4,7-8,11H2,1-2H3,(H,21,24)/t12-,13+,14+,17+/m1/s1. The van der Waals surface area contributed by atoms with E-state index in [2.05, 4.69) is 22.4 Å². The van der Waals surface area contributed by atoms with Crippen molar-refractivity contribution in [1.82, 2.24) is 15.5 Å². The van der Waals surface area contributed by atoms with Crippen LogP contribution in [0, 0.1) is 5.92 Å². The zero-order chi connectivity index (χ0) is 19.5. The molecule has 1 aromatic heterocycles. The van der Waals surface area contributed by atoms with E-state index in [1.807, 2.05) is 31.2 Å². The molecule has 0 bridgehead atoms. The average Bonchev–Trinajstić information content (AvgIpc) is 3.17. The molecule has 0 saturated heterocycles. The van der Waals surface area contributed by atoms with Crippen molar-refractivity contribution in [2.45, 2.75) is 62.1 Å². The minimum Gasteiger partial charge on any atom is -0.485 e. The molecule has 0 spiro atoms. The number of amides is 1. The summed E-state index contributed by atoms with van der Waals surface area (Å²) in [6.07, 6.45) is 4.20. The van der Waals surface area contributed by atoms with Gasteiger partial charge in [0.15, 0.2) is 11.5 Å². The summed E-state index contributed by atoms with van der Waals surface area (Å²) in [5, 5.41) is 11.4. The lowest BCUT2D eigenvalue weighted by molar-refractivity contribution is -0.121. The van der Waals surface area contributed by atoms with Crippen LogP contribution in [0.2, 0.25) is 0 Å². The van der Waals surface area contributed by atoms with Gasteiger partial charge in [-0.2, -0.15) is 0 Å². The molecule has 1 fully saturated rings. The molecule has 1 aliphatic heterocycles. The van der Waals surface area contributed by atoms with Crippen LogP contribution in [0.1, 0.15) is 51.5 Å². The quantitative estimate of drug-likeness (QED) is 0.761. The lowest BCUT2D eigenvalue weighted by Gasteiger charge is -2.30. The lowest BCUT2D eigenvalue weighted by Crippen LogP contribution is -2.44. The number of carbonyl (C=O) groups is 1. The van der Waals surface area contributed by atoms with Crippen LogP contribution in [0.25, 0.3) is 0 Å². The number of thioether (sulfide) groups is 1. The van der Waals surface area contributed by atoms with Gasteiger partial charge in [0.05, 0.1) is 5.25 Å². The van der Waals surface area contributed by atoms with E-state index >= 15 is 0 Å². The van der Waals surface area contributed by atoms with E-state index in [1.54, 1.807) is 0 Å². The average molecular weight is 404 g/mol. The molecule has 2 heterocycles. The summed E-state index contributed by atoms with van der Waals surface area (Å²) in [6, 6.07) is 7.73. The molecule has 7 nitrogen and oxygen atoms in total. The highest BCUT2D eigenvalue weighted by molar-refractivity contribution is 8.00. The Morgan fingerprint density at radius 1 is 1.21 bits per heavy atom. The monoisotopic (exact) mass is 403 g/mol. The topological polar surface area (TPSA) is 86.5 Å². The number of carbonyl (C=O) groups excluding carboxylic acids is 1. The summed E-state index contributed by atoms with van der Waals surface area (Å²) >= 11 is 1.26. The highest BCUT2D eigenvalue weighted by atomic mass is 32.2. The van der Waals surface area contributed by atoms with E-state index in [1.165, 1.54) is 31.0 Å². The largest absolute Gasteiger partial charge is 0.485 e. The fourth-order valence-corrected chi connectivity index (χ4v) is 4.27. The van der Waals surface area contributed by atoms with Crippen molar-refractivity contribution in [3.63, 3.8) is 0 Å². The van der Waals surface area contributed by atoms with E-state index in [4.69, 9.17) is 13.9 Å². The van der Waals surface area contributed by atoms with Crippen molar-refractivity contribution in [2.75, 3.05) is 6.61 Å². The third kappa shape index (κ3) is 4.27. The molecule has 0 radical (unpaired) electrons. The molecule has 150 valence electrons. The smallest absolute Gasteiger partial charge is 0.277 e. The van der Waals surface area contributed by atoms with E-state index in [0.29, 0.717) is 35.1 Å². The predicted molar refractivity (Wildman–Crippen MR) is 104 cm³/mol. The Balaban J connectivity index is 1.33. The second-order valence-corrected chi connectivity index (χ2v) is 8.70. The van der Waals surface area contributed by atoms with Crippen LogP contribution in [0.4, 0.5) is 0 Å². The van der Waals surface area contributed by atoms with Crippen LogP contribution in [-0.2, 0) is 4.79 Å². The van der Waals surface area contributed by atoms with E-state index < -0.39 is 6.10 Å². The molecule has 4 rings (SSSR count). The molecule has 28 heavy (non-hydrogen) atoms. The van der Waals surface area contributed by atoms with Gasteiger partial charge in [0.2, 0.25) is 12.0 Å². The van der Waals surface area contributed by atoms with Gasteiger partial charge in [0, 0.05) is 6.04 Å². The summed E-state index contributed by atoms with van der Waals surface area (Å²) in [5.74, 6) is 2.24. The number of para-hydroxylation sites is 2. The maximum absolute atomic E-state index is 12.5. The summed E-state index contributed by atoms with van der Waals surface area (Å²) in [5.41, 5.74) is 0. The Labute approximate surface area is 168 Å². The molecule has 1 N–H and O–H groups in total. The summed E-state index contributed by atoms with van der Waals surface area (Å²) in [7, 11) is 0. The van der Waals surface area contributed by atoms with Gasteiger partial charge in [0.1, 0.15) is 6.61 Å². The molecule has 1 saturated carbocycles. The minimum atomic E-state index is -0.455. The number of nitrogens with one attached hydrogen (secondary N) is 1. The van der Waals surface area contributed by atoms with Crippen molar-refractivity contribution in [2.24, 2.45) is 5.92 Å². The van der Waals surface area contributed by atoms with Gasteiger partial charge in [-0.1, -0.05) is 43.7 Å². The summed E-state index contributed by atoms with van der Waals surface area (Å²) in [6.45, 7) is 4.36. The summed E-state index contributed by atoms with van der Waals surface area (Å²) < 4.78 is 17.3. The maximum atomic E-state index is 12.5. The van der Waals surface area contributed by atoms with Crippen LogP contribution in [-0.4, -0.2) is 34.0 Å². The van der Waals surface area contributed by atoms with Crippen LogP contribution >= 0.6 is 11.8 Å². The van der Waals surface area contributed by atoms with Crippen LogP contribution < -0.4 is 14.8 Å². The second kappa shape index (κ2) is 8.43. The third-order valence-electron chi connectivity index (χ3n) is 5.29. The Morgan fingerprint density at radius 3 is 2.82 bits per heavy atom. The number of hydrogen-bond donors (Lipinski definition) is 1.